The van der Waals surface area contributed by atoms with Gasteiger partial charge in [0.05, 0.1) is 5.69 Å². The van der Waals surface area contributed by atoms with Gasteiger partial charge in [0.15, 0.2) is 0 Å². The summed E-state index contributed by atoms with van der Waals surface area (Å²) in [6, 6.07) is 1.84. The fourth-order valence-corrected chi connectivity index (χ4v) is 2.73. The molecule has 2 N–H and O–H groups in total. The zero-order chi connectivity index (χ0) is 16.2. The first-order valence-corrected chi connectivity index (χ1v) is 7.52. The van der Waals surface area contributed by atoms with E-state index in [0.29, 0.717) is 18.8 Å². The molecule has 0 aromatic carbocycles. The molecule has 2 aromatic rings. The van der Waals surface area contributed by atoms with E-state index < -0.39 is 0 Å². The summed E-state index contributed by atoms with van der Waals surface area (Å²) >= 11 is 0. The average molecular weight is 309 g/mol. The maximum atomic E-state index is 12.6. The third kappa shape index (κ3) is 2.88. The van der Waals surface area contributed by atoms with Gasteiger partial charge in [-0.25, -0.2) is 9.97 Å². The van der Waals surface area contributed by atoms with Crippen LogP contribution in [-0.4, -0.2) is 45.4 Å². The quantitative estimate of drug-likeness (QED) is 0.803. The monoisotopic (exact) mass is 309 g/mol. The summed E-state index contributed by atoms with van der Waals surface area (Å²) in [6.45, 7) is 9.20. The molecular weight excluding hydrogens is 290 g/mol. The molecule has 3 heterocycles. The van der Waals surface area contributed by atoms with E-state index >= 15 is 0 Å². The van der Waals surface area contributed by atoms with Crippen LogP contribution >= 0.6 is 0 Å². The third-order valence-electron chi connectivity index (χ3n) is 3.79. The number of carbonyl (C=O) groups excluding carboxylic acids is 1. The number of nitrogens with zero attached hydrogens (tertiary/aromatic N) is 3. The molecule has 6 heteroatoms. The van der Waals surface area contributed by atoms with Crippen molar-refractivity contribution in [1.82, 2.24) is 19.9 Å². The van der Waals surface area contributed by atoms with Crippen LogP contribution < -0.4 is 5.32 Å². The summed E-state index contributed by atoms with van der Waals surface area (Å²) in [4.78, 5) is 25.9. The Morgan fingerprint density at radius 1 is 1.30 bits per heavy atom. The van der Waals surface area contributed by atoms with Crippen LogP contribution in [0.5, 0.6) is 0 Å². The Morgan fingerprint density at radius 2 is 2.09 bits per heavy atom. The van der Waals surface area contributed by atoms with Crippen LogP contribution in [0, 0.1) is 0 Å². The molecule has 2 aromatic heterocycles. The van der Waals surface area contributed by atoms with Crippen LogP contribution in [0.2, 0.25) is 0 Å². The van der Waals surface area contributed by atoms with E-state index in [1.807, 2.05) is 12.3 Å². The van der Waals surface area contributed by atoms with Crippen LogP contribution in [0.15, 0.2) is 43.9 Å². The number of nitrogens with one attached hydrogen (secondary N) is 2. The van der Waals surface area contributed by atoms with Crippen LogP contribution in [0.1, 0.15) is 16.1 Å². The molecule has 1 aliphatic rings. The Labute approximate surface area is 135 Å². The minimum atomic E-state index is -0.0834. The largest absolute Gasteiger partial charge is 0.369 e. The second kappa shape index (κ2) is 6.48. The minimum Gasteiger partial charge on any atom is -0.369 e. The molecule has 1 amide bonds. The second-order valence-electron chi connectivity index (χ2n) is 5.32. The number of carbonyl (C=O) groups is 1. The van der Waals surface area contributed by atoms with E-state index in [0.717, 1.165) is 35.6 Å². The van der Waals surface area contributed by atoms with Gasteiger partial charge in [0, 0.05) is 37.0 Å². The van der Waals surface area contributed by atoms with Gasteiger partial charge in [0.25, 0.3) is 5.91 Å². The van der Waals surface area contributed by atoms with E-state index in [1.54, 1.807) is 23.4 Å². The normalized spacial score (nSPS) is 12.3. The number of H-pyrrole nitrogens is 1. The molecule has 0 spiro atoms. The number of hydrogen-bond donors (Lipinski definition) is 2. The number of amides is 1. The Bertz CT molecular complexity index is 739. The molecule has 0 aliphatic carbocycles. The summed E-state index contributed by atoms with van der Waals surface area (Å²) < 4.78 is 0. The summed E-state index contributed by atoms with van der Waals surface area (Å²) in [5.74, 6) is 0.795. The van der Waals surface area contributed by atoms with Gasteiger partial charge in [-0.05, 0) is 12.5 Å². The first kappa shape index (κ1) is 15.0. The molecule has 0 saturated heterocycles. The number of aromatic amines is 1. The maximum absolute atomic E-state index is 12.6. The van der Waals surface area contributed by atoms with Crippen LogP contribution in [-0.2, 0) is 6.42 Å². The van der Waals surface area contributed by atoms with Gasteiger partial charge in [-0.15, -0.1) is 13.2 Å². The highest BCUT2D eigenvalue weighted by Crippen LogP contribution is 2.29. The lowest BCUT2D eigenvalue weighted by Crippen LogP contribution is -2.31. The van der Waals surface area contributed by atoms with Crippen molar-refractivity contribution in [3.05, 3.63) is 55.2 Å². The maximum Gasteiger partial charge on any atom is 0.270 e. The first-order chi connectivity index (χ1) is 11.2. The summed E-state index contributed by atoms with van der Waals surface area (Å²) in [6.07, 6.45) is 7.65. The molecule has 6 nitrogen and oxygen atoms in total. The van der Waals surface area contributed by atoms with Gasteiger partial charge in [0.2, 0.25) is 0 Å². The van der Waals surface area contributed by atoms with Gasteiger partial charge in [0.1, 0.15) is 17.8 Å². The fourth-order valence-electron chi connectivity index (χ4n) is 2.73. The predicted molar refractivity (Wildman–Crippen MR) is 90.3 cm³/mol. The summed E-state index contributed by atoms with van der Waals surface area (Å²) in [5, 5.41) is 3.23. The average Bonchev–Trinajstić information content (AvgIpc) is 3.22. The van der Waals surface area contributed by atoms with Gasteiger partial charge in [-0.2, -0.15) is 0 Å². The fraction of sp³-hybridized carbons (Fsp3) is 0.235. The van der Waals surface area contributed by atoms with Crippen molar-refractivity contribution in [2.45, 2.75) is 6.42 Å². The smallest absolute Gasteiger partial charge is 0.270 e. The van der Waals surface area contributed by atoms with Crippen molar-refractivity contribution < 1.29 is 4.79 Å². The zero-order valence-electron chi connectivity index (χ0n) is 12.9. The molecule has 1 aliphatic heterocycles. The Kier molecular flexibility index (Phi) is 4.23. The van der Waals surface area contributed by atoms with Crippen LogP contribution in [0.4, 0.5) is 5.82 Å². The van der Waals surface area contributed by atoms with Gasteiger partial charge in [-0.3, -0.25) is 4.79 Å². The molecule has 3 rings (SSSR count). The minimum absolute atomic E-state index is 0.0834. The highest BCUT2D eigenvalue weighted by Gasteiger charge is 2.20. The Morgan fingerprint density at radius 3 is 2.83 bits per heavy atom. The van der Waals surface area contributed by atoms with Crippen LogP contribution in [0.25, 0.3) is 11.3 Å². The first-order valence-electron chi connectivity index (χ1n) is 7.52. The molecule has 0 bridgehead atoms. The number of aromatic nitrogens is 3. The Balaban J connectivity index is 1.89. The SMILES string of the molecule is C=CCN(CC=C)C(=O)c1cc(-c2ncnc3c2CCN3)c[nH]1. The lowest BCUT2D eigenvalue weighted by molar-refractivity contribution is 0.0786. The van der Waals surface area contributed by atoms with Crippen molar-refractivity contribution in [2.24, 2.45) is 0 Å². The number of anilines is 1. The van der Waals surface area contributed by atoms with E-state index in [2.05, 4.69) is 33.4 Å². The molecule has 0 fully saturated rings. The highest BCUT2D eigenvalue weighted by molar-refractivity contribution is 5.94. The second-order valence-corrected chi connectivity index (χ2v) is 5.32. The van der Waals surface area contributed by atoms with Gasteiger partial charge >= 0.3 is 0 Å². The lowest BCUT2D eigenvalue weighted by atomic mass is 10.1. The highest BCUT2D eigenvalue weighted by atomic mass is 16.2. The van der Waals surface area contributed by atoms with Crippen molar-refractivity contribution in [3.8, 4) is 11.3 Å². The zero-order valence-corrected chi connectivity index (χ0v) is 12.9. The third-order valence-corrected chi connectivity index (χ3v) is 3.79. The number of fused-ring (bicyclic) bond motifs is 1. The van der Waals surface area contributed by atoms with E-state index in [-0.39, 0.29) is 5.91 Å². The van der Waals surface area contributed by atoms with Crippen molar-refractivity contribution >= 4 is 11.7 Å². The standard InChI is InChI=1S/C17H19N5O/c1-3-7-22(8-4-2)17(23)14-9-12(10-19-14)15-13-5-6-18-16(13)21-11-20-15/h3-4,9-11,19H,1-2,5-8H2,(H,18,20,21). The molecule has 118 valence electrons. The molecule has 0 radical (unpaired) electrons. The predicted octanol–water partition coefficient (Wildman–Crippen LogP) is 2.25. The molecular formula is C17H19N5O. The molecule has 23 heavy (non-hydrogen) atoms. The van der Waals surface area contributed by atoms with Gasteiger partial charge < -0.3 is 15.2 Å². The van der Waals surface area contributed by atoms with E-state index in [1.165, 1.54) is 0 Å². The van der Waals surface area contributed by atoms with Crippen molar-refractivity contribution in [1.29, 1.82) is 0 Å². The lowest BCUT2D eigenvalue weighted by Gasteiger charge is -2.18. The topological polar surface area (TPSA) is 73.9 Å². The van der Waals surface area contributed by atoms with Crippen molar-refractivity contribution in [3.63, 3.8) is 0 Å². The van der Waals surface area contributed by atoms with E-state index in [4.69, 9.17) is 0 Å². The van der Waals surface area contributed by atoms with Crippen LogP contribution in [0.3, 0.4) is 0 Å². The molecule has 0 unspecified atom stereocenters. The molecule has 0 saturated carbocycles. The molecule has 0 atom stereocenters. The summed E-state index contributed by atoms with van der Waals surface area (Å²) in [5.41, 5.74) is 3.39. The number of rotatable bonds is 6. The van der Waals surface area contributed by atoms with Crippen molar-refractivity contribution in [2.75, 3.05) is 25.0 Å². The van der Waals surface area contributed by atoms with E-state index in [9.17, 15) is 4.79 Å². The summed E-state index contributed by atoms with van der Waals surface area (Å²) in [7, 11) is 0. The Hall–Kier alpha value is -2.89. The van der Waals surface area contributed by atoms with Gasteiger partial charge in [-0.1, -0.05) is 12.2 Å². The number of hydrogen-bond acceptors (Lipinski definition) is 4.